The highest BCUT2D eigenvalue weighted by Gasteiger charge is 2.20. The molecule has 15 aromatic rings. The molecule has 5 heterocycles. The molecule has 15 rings (SSSR count). The van der Waals surface area contributed by atoms with Crippen LogP contribution in [0.1, 0.15) is 0 Å². The van der Waals surface area contributed by atoms with E-state index in [1.807, 2.05) is 66.9 Å². The number of aromatic nitrogens is 8. The van der Waals surface area contributed by atoms with Crippen LogP contribution in [0.2, 0.25) is 0 Å². The van der Waals surface area contributed by atoms with Crippen LogP contribution in [-0.2, 0) is 0 Å². The van der Waals surface area contributed by atoms with Crippen molar-refractivity contribution < 1.29 is 0 Å². The number of hydrogen-bond acceptors (Lipinski definition) is 5. The van der Waals surface area contributed by atoms with Gasteiger partial charge in [-0.2, -0.15) is 0 Å². The lowest BCUT2D eigenvalue weighted by molar-refractivity contribution is 1.02. The van der Waals surface area contributed by atoms with Crippen molar-refractivity contribution in [2.24, 2.45) is 0 Å². The molecule has 0 fully saturated rings. The van der Waals surface area contributed by atoms with Crippen molar-refractivity contribution in [2.45, 2.75) is 0 Å². The summed E-state index contributed by atoms with van der Waals surface area (Å²) in [5.74, 6) is 2.28. The summed E-state index contributed by atoms with van der Waals surface area (Å²) in [4.78, 5) is 24.9. The van der Waals surface area contributed by atoms with Gasteiger partial charge in [0.05, 0.1) is 45.5 Å². The minimum Gasteiger partial charge on any atom is -0.309 e. The zero-order chi connectivity index (χ0) is 49.4. The smallest absolute Gasteiger partial charge is 0.184 e. The van der Waals surface area contributed by atoms with Crippen molar-refractivity contribution >= 4 is 65.4 Å². The van der Waals surface area contributed by atoms with E-state index in [9.17, 15) is 0 Å². The van der Waals surface area contributed by atoms with Crippen molar-refractivity contribution in [1.82, 2.24) is 38.6 Å². The average molecular weight is 959 g/mol. The van der Waals surface area contributed by atoms with Gasteiger partial charge < -0.3 is 9.13 Å². The fourth-order valence-corrected chi connectivity index (χ4v) is 11.1. The number of para-hydroxylation sites is 4. The molecule has 0 saturated heterocycles. The monoisotopic (exact) mass is 958 g/mol. The van der Waals surface area contributed by atoms with E-state index in [-0.39, 0.29) is 0 Å². The van der Waals surface area contributed by atoms with Gasteiger partial charge in [-0.1, -0.05) is 158 Å². The predicted octanol–water partition coefficient (Wildman–Crippen LogP) is 16.3. The lowest BCUT2D eigenvalue weighted by Gasteiger charge is -2.10. The van der Waals surface area contributed by atoms with E-state index in [4.69, 9.17) is 24.9 Å². The standard InChI is InChI=1S/C67H42N8/c1-5-17-43(18-6-1)65-70-66(44-19-7-2-8-20-44)72-67(71-65)57-41-69-64(42-68-57)75-62-35-31-47(45-29-33-60-53(37-45)51-25-13-15-27-58(51)73(60)49-21-9-3-10-22-49)39-55(62)56-40-48(32-36-63(56)75)46-30-34-61-54(38-46)52-26-14-16-28-59(52)74(61)50-23-11-4-12-24-50/h1-42H. The number of nitrogens with zero attached hydrogens (tertiary/aromatic N) is 8. The molecule has 0 aliphatic rings. The van der Waals surface area contributed by atoms with Crippen LogP contribution in [0.3, 0.4) is 0 Å². The summed E-state index contributed by atoms with van der Waals surface area (Å²) < 4.78 is 6.95. The largest absolute Gasteiger partial charge is 0.309 e. The molecule has 0 atom stereocenters. The molecule has 5 aromatic heterocycles. The molecule has 0 radical (unpaired) electrons. The van der Waals surface area contributed by atoms with Gasteiger partial charge in [-0.05, 0) is 107 Å². The SMILES string of the molecule is c1ccc(-c2nc(-c3ccccc3)nc(-c3cnc(-n4c5ccc(-c6ccc7c(c6)c6ccccc6n7-c6ccccc6)cc5c5cc(-c6ccc7c(c6)c6ccccc6n7-c6ccccc6)ccc54)cn3)n2)cc1. The van der Waals surface area contributed by atoms with Gasteiger partial charge in [-0.25, -0.2) is 24.9 Å². The summed E-state index contributed by atoms with van der Waals surface area (Å²) in [6.45, 7) is 0. The normalized spacial score (nSPS) is 11.7. The fraction of sp³-hybridized carbons (Fsp3) is 0. The Balaban J connectivity index is 0.897. The van der Waals surface area contributed by atoms with Gasteiger partial charge >= 0.3 is 0 Å². The Morgan fingerprint density at radius 2 is 0.587 bits per heavy atom. The third-order valence-electron chi connectivity index (χ3n) is 14.6. The second kappa shape index (κ2) is 17.2. The van der Waals surface area contributed by atoms with E-state index in [0.717, 1.165) is 66.6 Å². The maximum absolute atomic E-state index is 5.14. The third kappa shape index (κ3) is 7.03. The second-order valence-electron chi connectivity index (χ2n) is 18.9. The van der Waals surface area contributed by atoms with Crippen LogP contribution in [0.5, 0.6) is 0 Å². The first-order chi connectivity index (χ1) is 37.2. The number of fused-ring (bicyclic) bond motifs is 9. The Morgan fingerprint density at radius 1 is 0.240 bits per heavy atom. The Kier molecular flexibility index (Phi) is 9.71. The highest BCUT2D eigenvalue weighted by atomic mass is 15.1. The predicted molar refractivity (Wildman–Crippen MR) is 306 cm³/mol. The topological polar surface area (TPSA) is 79.2 Å². The van der Waals surface area contributed by atoms with Crippen LogP contribution in [0, 0.1) is 0 Å². The molecule has 0 aliphatic carbocycles. The summed E-state index contributed by atoms with van der Waals surface area (Å²) in [6, 6.07) is 85.9. The maximum atomic E-state index is 5.14. The van der Waals surface area contributed by atoms with Crippen LogP contribution < -0.4 is 0 Å². The van der Waals surface area contributed by atoms with Gasteiger partial charge in [0.25, 0.3) is 0 Å². The zero-order valence-corrected chi connectivity index (χ0v) is 40.3. The highest BCUT2D eigenvalue weighted by molar-refractivity contribution is 6.14. The van der Waals surface area contributed by atoms with E-state index in [0.29, 0.717) is 29.0 Å². The van der Waals surface area contributed by atoms with Gasteiger partial charge in [0.15, 0.2) is 23.3 Å². The quantitative estimate of drug-likeness (QED) is 0.152. The zero-order valence-electron chi connectivity index (χ0n) is 40.3. The fourth-order valence-electron chi connectivity index (χ4n) is 11.1. The Bertz CT molecular complexity index is 4400. The number of rotatable bonds is 8. The van der Waals surface area contributed by atoms with Gasteiger partial charge in [-0.3, -0.25) is 4.57 Å². The lowest BCUT2D eigenvalue weighted by Crippen LogP contribution is -2.03. The minimum atomic E-state index is 0.450. The van der Waals surface area contributed by atoms with Crippen LogP contribution in [-0.4, -0.2) is 38.6 Å². The molecule has 0 bridgehead atoms. The Labute approximate surface area is 430 Å². The molecule has 0 N–H and O–H groups in total. The maximum Gasteiger partial charge on any atom is 0.184 e. The van der Waals surface area contributed by atoms with Crippen molar-refractivity contribution in [3.8, 4) is 73.7 Å². The Hall–Kier alpha value is -10.3. The average Bonchev–Trinajstić information content (AvgIpc) is 4.18. The summed E-state index contributed by atoms with van der Waals surface area (Å²) >= 11 is 0. The molecule has 8 nitrogen and oxygen atoms in total. The minimum absolute atomic E-state index is 0.450. The molecule has 350 valence electrons. The van der Waals surface area contributed by atoms with Gasteiger partial charge in [-0.15, -0.1) is 0 Å². The van der Waals surface area contributed by atoms with Crippen LogP contribution >= 0.6 is 0 Å². The first kappa shape index (κ1) is 42.4. The van der Waals surface area contributed by atoms with Crippen molar-refractivity contribution in [1.29, 1.82) is 0 Å². The summed E-state index contributed by atoms with van der Waals surface area (Å²) in [5.41, 5.74) is 15.9. The van der Waals surface area contributed by atoms with Gasteiger partial charge in [0.1, 0.15) is 5.69 Å². The third-order valence-corrected chi connectivity index (χ3v) is 14.6. The molecule has 75 heavy (non-hydrogen) atoms. The summed E-state index contributed by atoms with van der Waals surface area (Å²) in [6.07, 6.45) is 3.61. The lowest BCUT2D eigenvalue weighted by atomic mass is 9.98. The molecule has 0 aliphatic heterocycles. The molecule has 8 heteroatoms. The molecule has 0 amide bonds. The van der Waals surface area contributed by atoms with Crippen molar-refractivity contribution in [3.63, 3.8) is 0 Å². The van der Waals surface area contributed by atoms with Crippen molar-refractivity contribution in [2.75, 3.05) is 0 Å². The molecule has 0 saturated carbocycles. The molecular formula is C67H42N8. The summed E-state index contributed by atoms with van der Waals surface area (Å²) in [5, 5.41) is 7.08. The van der Waals surface area contributed by atoms with Crippen LogP contribution in [0.4, 0.5) is 0 Å². The van der Waals surface area contributed by atoms with Crippen LogP contribution in [0.25, 0.3) is 139 Å². The van der Waals surface area contributed by atoms with E-state index < -0.39 is 0 Å². The summed E-state index contributed by atoms with van der Waals surface area (Å²) in [7, 11) is 0. The number of hydrogen-bond donors (Lipinski definition) is 0. The van der Waals surface area contributed by atoms with Crippen molar-refractivity contribution in [3.05, 3.63) is 255 Å². The Morgan fingerprint density at radius 3 is 1.00 bits per heavy atom. The molecule has 0 spiro atoms. The van der Waals surface area contributed by atoms with E-state index in [1.54, 1.807) is 6.20 Å². The van der Waals surface area contributed by atoms with Gasteiger partial charge in [0, 0.05) is 54.8 Å². The van der Waals surface area contributed by atoms with E-state index >= 15 is 0 Å². The first-order valence-electron chi connectivity index (χ1n) is 25.1. The van der Waals surface area contributed by atoms with Crippen LogP contribution in [0.15, 0.2) is 255 Å². The van der Waals surface area contributed by atoms with E-state index in [2.05, 4.69) is 196 Å². The second-order valence-corrected chi connectivity index (χ2v) is 18.9. The van der Waals surface area contributed by atoms with E-state index in [1.165, 1.54) is 43.6 Å². The molecule has 0 unspecified atom stereocenters. The highest BCUT2D eigenvalue weighted by Crippen LogP contribution is 2.41. The molecular weight excluding hydrogens is 917 g/mol. The number of benzene rings is 10. The van der Waals surface area contributed by atoms with Gasteiger partial charge in [0.2, 0.25) is 0 Å². The molecule has 10 aromatic carbocycles. The first-order valence-corrected chi connectivity index (χ1v) is 25.1.